The molecule has 0 aliphatic heterocycles. The molecule has 0 bridgehead atoms. The van der Waals surface area contributed by atoms with Crippen molar-refractivity contribution in [2.24, 2.45) is 0 Å². The Morgan fingerprint density at radius 1 is 1.07 bits per heavy atom. The van der Waals surface area contributed by atoms with Crippen LogP contribution >= 0.6 is 11.3 Å². The molecule has 0 radical (unpaired) electrons. The number of thiophene rings is 1. The monoisotopic (exact) mass is 417 g/mol. The lowest BCUT2D eigenvalue weighted by molar-refractivity contribution is -0.119. The van der Waals surface area contributed by atoms with Crippen LogP contribution in [0.2, 0.25) is 0 Å². The molecular formula is C23H19N3O3S. The maximum atomic E-state index is 13.1. The number of hydrogen-bond donors (Lipinski definition) is 1. The fourth-order valence-corrected chi connectivity index (χ4v) is 4.10. The van der Waals surface area contributed by atoms with Crippen molar-refractivity contribution in [2.45, 2.75) is 20.0 Å². The van der Waals surface area contributed by atoms with Gasteiger partial charge in [0.2, 0.25) is 5.91 Å². The lowest BCUT2D eigenvalue weighted by atomic mass is 10.1. The second-order valence-electron chi connectivity index (χ2n) is 6.90. The molecule has 0 saturated carbocycles. The number of fused-ring (bicyclic) bond motifs is 1. The van der Waals surface area contributed by atoms with Gasteiger partial charge in [-0.1, -0.05) is 54.6 Å². The van der Waals surface area contributed by atoms with Crippen molar-refractivity contribution in [1.82, 2.24) is 14.9 Å². The summed E-state index contributed by atoms with van der Waals surface area (Å²) in [6.45, 7) is 1.78. The molecular weight excluding hydrogens is 398 g/mol. The summed E-state index contributed by atoms with van der Waals surface area (Å²) in [6.07, 6.45) is 1.43. The average molecular weight is 417 g/mol. The maximum Gasteiger partial charge on any atom is 0.263 e. The van der Waals surface area contributed by atoms with Crippen molar-refractivity contribution in [2.75, 3.05) is 0 Å². The van der Waals surface area contributed by atoms with Crippen molar-refractivity contribution in [3.05, 3.63) is 87.8 Å². The van der Waals surface area contributed by atoms with Gasteiger partial charge in [-0.15, -0.1) is 11.3 Å². The van der Waals surface area contributed by atoms with Crippen LogP contribution in [0.25, 0.3) is 21.3 Å². The lowest BCUT2D eigenvalue weighted by Gasteiger charge is -2.07. The zero-order valence-corrected chi connectivity index (χ0v) is 17.1. The molecule has 30 heavy (non-hydrogen) atoms. The third-order valence-electron chi connectivity index (χ3n) is 4.78. The van der Waals surface area contributed by atoms with E-state index in [1.54, 1.807) is 24.3 Å². The maximum absolute atomic E-state index is 13.1. The van der Waals surface area contributed by atoms with Crippen LogP contribution in [0, 0.1) is 0 Å². The summed E-state index contributed by atoms with van der Waals surface area (Å²) in [7, 11) is 0. The van der Waals surface area contributed by atoms with E-state index in [0.29, 0.717) is 22.3 Å². The summed E-state index contributed by atoms with van der Waals surface area (Å²) in [4.78, 5) is 41.9. The first-order valence-corrected chi connectivity index (χ1v) is 10.3. The zero-order chi connectivity index (χ0) is 21.1. The summed E-state index contributed by atoms with van der Waals surface area (Å²) in [6, 6.07) is 16.7. The fraction of sp³-hybridized carbons (Fsp3) is 0.130. The smallest absolute Gasteiger partial charge is 0.263 e. The minimum absolute atomic E-state index is 0.0864. The number of amides is 1. The minimum Gasteiger partial charge on any atom is -0.352 e. The predicted molar refractivity (Wildman–Crippen MR) is 118 cm³/mol. The highest BCUT2D eigenvalue weighted by molar-refractivity contribution is 7.17. The topological polar surface area (TPSA) is 81.1 Å². The van der Waals surface area contributed by atoms with E-state index in [1.165, 1.54) is 29.2 Å². The number of carbonyl (C=O) groups excluding carboxylic acids is 2. The molecule has 2 aromatic heterocycles. The summed E-state index contributed by atoms with van der Waals surface area (Å²) in [5.41, 5.74) is 2.95. The van der Waals surface area contributed by atoms with Gasteiger partial charge in [0.25, 0.3) is 5.56 Å². The summed E-state index contributed by atoms with van der Waals surface area (Å²) in [5, 5.41) is 5.17. The molecule has 4 aromatic rings. The van der Waals surface area contributed by atoms with Gasteiger partial charge in [0.05, 0.1) is 18.3 Å². The molecule has 0 unspecified atom stereocenters. The van der Waals surface area contributed by atoms with Crippen LogP contribution in [0.3, 0.4) is 0 Å². The van der Waals surface area contributed by atoms with Gasteiger partial charge in [0.1, 0.15) is 4.83 Å². The van der Waals surface area contributed by atoms with Gasteiger partial charge < -0.3 is 5.32 Å². The van der Waals surface area contributed by atoms with Crippen molar-refractivity contribution < 1.29 is 9.59 Å². The molecule has 2 heterocycles. The van der Waals surface area contributed by atoms with Gasteiger partial charge in [-0.2, -0.15) is 0 Å². The molecule has 1 N–H and O–H groups in total. The van der Waals surface area contributed by atoms with Crippen molar-refractivity contribution in [3.8, 4) is 11.1 Å². The van der Waals surface area contributed by atoms with E-state index in [4.69, 9.17) is 0 Å². The molecule has 150 valence electrons. The highest BCUT2D eigenvalue weighted by atomic mass is 32.1. The number of benzene rings is 2. The van der Waals surface area contributed by atoms with Crippen LogP contribution in [-0.2, 0) is 17.9 Å². The van der Waals surface area contributed by atoms with Crippen LogP contribution in [0.1, 0.15) is 22.8 Å². The van der Waals surface area contributed by atoms with Crippen molar-refractivity contribution >= 4 is 33.2 Å². The highest BCUT2D eigenvalue weighted by Gasteiger charge is 2.15. The Bertz CT molecular complexity index is 1270. The molecule has 0 fully saturated rings. The largest absolute Gasteiger partial charge is 0.352 e. The lowest BCUT2D eigenvalue weighted by Crippen LogP contribution is -2.24. The molecule has 0 saturated heterocycles. The molecule has 1 amide bonds. The molecule has 4 rings (SSSR count). The Morgan fingerprint density at radius 3 is 2.50 bits per heavy atom. The molecule has 0 atom stereocenters. The Labute approximate surface area is 176 Å². The second-order valence-corrected chi connectivity index (χ2v) is 7.76. The second kappa shape index (κ2) is 8.42. The summed E-state index contributed by atoms with van der Waals surface area (Å²) in [5.74, 6) is -0.290. The van der Waals surface area contributed by atoms with Gasteiger partial charge in [-0.05, 0) is 11.1 Å². The SMILES string of the molecule is CC(=O)NCc1ccc(C(=O)Cn2cnc3scc(-c4ccccc4)c3c2=O)cc1. The predicted octanol–water partition coefficient (Wildman–Crippen LogP) is 3.64. The van der Waals surface area contributed by atoms with E-state index in [2.05, 4.69) is 10.3 Å². The summed E-state index contributed by atoms with van der Waals surface area (Å²) >= 11 is 1.42. The normalized spacial score (nSPS) is 10.8. The number of ketones is 1. The van der Waals surface area contributed by atoms with Crippen molar-refractivity contribution in [3.63, 3.8) is 0 Å². The zero-order valence-electron chi connectivity index (χ0n) is 16.3. The molecule has 0 aliphatic carbocycles. The van der Waals surface area contributed by atoms with Gasteiger partial charge in [0.15, 0.2) is 5.78 Å². The van der Waals surface area contributed by atoms with Gasteiger partial charge >= 0.3 is 0 Å². The van der Waals surface area contributed by atoms with Crippen LogP contribution in [0.5, 0.6) is 0 Å². The molecule has 6 nitrogen and oxygen atoms in total. The van der Waals surface area contributed by atoms with E-state index >= 15 is 0 Å². The molecule has 7 heteroatoms. The Hall–Kier alpha value is -3.58. The number of carbonyl (C=O) groups is 2. The van der Waals surface area contributed by atoms with Crippen LogP contribution in [0.15, 0.2) is 71.1 Å². The number of nitrogens with zero attached hydrogens (tertiary/aromatic N) is 2. The Morgan fingerprint density at radius 2 is 1.80 bits per heavy atom. The molecule has 0 spiro atoms. The Kier molecular flexibility index (Phi) is 5.54. The first-order chi connectivity index (χ1) is 14.5. The van der Waals surface area contributed by atoms with E-state index in [1.807, 2.05) is 35.7 Å². The number of nitrogens with one attached hydrogen (secondary N) is 1. The quantitative estimate of drug-likeness (QED) is 0.486. The molecule has 2 aromatic carbocycles. The number of Topliss-reactive ketones (excluding diaryl/α,β-unsaturated/α-hetero) is 1. The number of hydrogen-bond acceptors (Lipinski definition) is 5. The number of rotatable bonds is 6. The van der Waals surface area contributed by atoms with Crippen LogP contribution in [-0.4, -0.2) is 21.2 Å². The van der Waals surface area contributed by atoms with Gasteiger partial charge in [-0.3, -0.25) is 19.0 Å². The van der Waals surface area contributed by atoms with Crippen molar-refractivity contribution in [1.29, 1.82) is 0 Å². The molecule has 0 aliphatic rings. The van der Waals surface area contributed by atoms with Gasteiger partial charge in [0, 0.05) is 30.0 Å². The fourth-order valence-electron chi connectivity index (χ4n) is 3.19. The number of aromatic nitrogens is 2. The first kappa shape index (κ1) is 19.7. The third kappa shape index (κ3) is 4.06. The minimum atomic E-state index is -0.226. The van der Waals surface area contributed by atoms with Gasteiger partial charge in [-0.25, -0.2) is 4.98 Å². The van der Waals surface area contributed by atoms with Crippen LogP contribution < -0.4 is 10.9 Å². The van der Waals surface area contributed by atoms with E-state index in [-0.39, 0.29) is 23.8 Å². The standard InChI is InChI=1S/C23H19N3O3S/c1-15(27)24-11-16-7-9-18(10-8-16)20(28)12-26-14-25-22-21(23(26)29)19(13-30-22)17-5-3-2-4-6-17/h2-10,13-14H,11-12H2,1H3,(H,24,27). The summed E-state index contributed by atoms with van der Waals surface area (Å²) < 4.78 is 1.36. The van der Waals surface area contributed by atoms with E-state index in [0.717, 1.165) is 16.7 Å². The van der Waals surface area contributed by atoms with E-state index < -0.39 is 0 Å². The average Bonchev–Trinajstić information content (AvgIpc) is 3.20. The Balaban J connectivity index is 1.59. The highest BCUT2D eigenvalue weighted by Crippen LogP contribution is 2.30. The van der Waals surface area contributed by atoms with E-state index in [9.17, 15) is 14.4 Å². The third-order valence-corrected chi connectivity index (χ3v) is 5.66. The first-order valence-electron chi connectivity index (χ1n) is 9.41. The van der Waals surface area contributed by atoms with Crippen LogP contribution in [0.4, 0.5) is 0 Å².